The third-order valence-corrected chi connectivity index (χ3v) is 6.04. The molecule has 0 radical (unpaired) electrons. The molecule has 1 amide bonds. The minimum absolute atomic E-state index is 0.179. The third-order valence-electron chi connectivity index (χ3n) is 4.64. The second-order valence-electron chi connectivity index (χ2n) is 7.22. The minimum atomic E-state index is -4.60. The van der Waals surface area contributed by atoms with Crippen LogP contribution in [-0.2, 0) is 21.0 Å². The van der Waals surface area contributed by atoms with E-state index in [1.54, 1.807) is 19.1 Å². The summed E-state index contributed by atoms with van der Waals surface area (Å²) in [5.74, 6) is 0.137. The number of sulfonamides is 1. The molecule has 0 spiro atoms. The van der Waals surface area contributed by atoms with Crippen LogP contribution in [-0.4, -0.2) is 20.4 Å². The van der Waals surface area contributed by atoms with Crippen LogP contribution in [0.2, 0.25) is 0 Å². The second kappa shape index (κ2) is 9.53. The van der Waals surface area contributed by atoms with Crippen LogP contribution in [0, 0.1) is 6.92 Å². The van der Waals surface area contributed by atoms with E-state index in [0.717, 1.165) is 17.7 Å². The maximum Gasteiger partial charge on any atom is 0.416 e. The molecule has 33 heavy (non-hydrogen) atoms. The fourth-order valence-electron chi connectivity index (χ4n) is 2.87. The average molecular weight is 478 g/mol. The summed E-state index contributed by atoms with van der Waals surface area (Å²) in [6.07, 6.45) is -5.40. The number of alkyl halides is 3. The van der Waals surface area contributed by atoms with E-state index in [2.05, 4.69) is 10.0 Å². The smallest absolute Gasteiger partial charge is 0.416 e. The largest absolute Gasteiger partial charge is 0.481 e. The van der Waals surface area contributed by atoms with E-state index in [9.17, 15) is 26.4 Å². The zero-order valence-electron chi connectivity index (χ0n) is 17.7. The molecule has 0 saturated heterocycles. The highest BCUT2D eigenvalue weighted by atomic mass is 32.2. The lowest BCUT2D eigenvalue weighted by Gasteiger charge is -2.16. The molecule has 0 saturated carbocycles. The molecule has 174 valence electrons. The van der Waals surface area contributed by atoms with Gasteiger partial charge in [0, 0.05) is 11.4 Å². The summed E-state index contributed by atoms with van der Waals surface area (Å²) < 4.78 is 71.4. The average Bonchev–Trinajstić information content (AvgIpc) is 2.75. The number of para-hydroxylation sites is 1. The van der Waals surface area contributed by atoms with Crippen molar-refractivity contribution in [3.05, 3.63) is 83.9 Å². The highest BCUT2D eigenvalue weighted by molar-refractivity contribution is 7.92. The number of rotatable bonds is 7. The number of carbonyl (C=O) groups is 1. The van der Waals surface area contributed by atoms with Crippen molar-refractivity contribution in [3.63, 3.8) is 0 Å². The Hall–Kier alpha value is -3.53. The van der Waals surface area contributed by atoms with Crippen LogP contribution in [0.3, 0.4) is 0 Å². The summed E-state index contributed by atoms with van der Waals surface area (Å²) in [4.78, 5) is 12.2. The van der Waals surface area contributed by atoms with Gasteiger partial charge >= 0.3 is 6.18 Å². The van der Waals surface area contributed by atoms with Crippen molar-refractivity contribution >= 4 is 27.3 Å². The van der Waals surface area contributed by atoms with Crippen LogP contribution < -0.4 is 14.8 Å². The van der Waals surface area contributed by atoms with Gasteiger partial charge in [-0.3, -0.25) is 9.52 Å². The van der Waals surface area contributed by atoms with Crippen LogP contribution in [0.25, 0.3) is 0 Å². The van der Waals surface area contributed by atoms with Crippen molar-refractivity contribution in [1.29, 1.82) is 0 Å². The Balaban J connectivity index is 1.66. The Morgan fingerprint density at radius 2 is 1.61 bits per heavy atom. The summed E-state index contributed by atoms with van der Waals surface area (Å²) in [5, 5.41) is 2.63. The van der Waals surface area contributed by atoms with Gasteiger partial charge in [0.05, 0.1) is 10.5 Å². The van der Waals surface area contributed by atoms with E-state index in [0.29, 0.717) is 17.5 Å². The molecule has 6 nitrogen and oxygen atoms in total. The zero-order chi connectivity index (χ0) is 24.2. The van der Waals surface area contributed by atoms with E-state index in [4.69, 9.17) is 4.74 Å². The fourth-order valence-corrected chi connectivity index (χ4v) is 3.92. The topological polar surface area (TPSA) is 84.5 Å². The Bertz CT molecular complexity index is 1240. The predicted molar refractivity (Wildman–Crippen MR) is 119 cm³/mol. The first kappa shape index (κ1) is 24.1. The SMILES string of the molecule is Cc1ccccc1O[C@@H](C)C(=O)Nc1ccc(S(=O)(=O)Nc2cccc(C(F)(F)F)c2)cc1. The Morgan fingerprint density at radius 3 is 2.24 bits per heavy atom. The lowest BCUT2D eigenvalue weighted by atomic mass is 10.2. The highest BCUT2D eigenvalue weighted by Crippen LogP contribution is 2.31. The molecule has 0 aliphatic carbocycles. The highest BCUT2D eigenvalue weighted by Gasteiger charge is 2.30. The van der Waals surface area contributed by atoms with Gasteiger partial charge in [-0.05, 0) is 67.9 Å². The molecule has 0 aliphatic rings. The van der Waals surface area contributed by atoms with Crippen LogP contribution >= 0.6 is 0 Å². The van der Waals surface area contributed by atoms with Gasteiger partial charge in [0.1, 0.15) is 5.75 Å². The maximum absolute atomic E-state index is 12.9. The summed E-state index contributed by atoms with van der Waals surface area (Å²) in [7, 11) is -4.14. The number of carbonyl (C=O) groups excluding carboxylic acids is 1. The Morgan fingerprint density at radius 1 is 0.939 bits per heavy atom. The van der Waals surface area contributed by atoms with Crippen molar-refractivity contribution in [2.45, 2.75) is 31.0 Å². The monoisotopic (exact) mass is 478 g/mol. The Labute approximate surface area is 189 Å². The van der Waals surface area contributed by atoms with E-state index < -0.39 is 33.8 Å². The molecule has 1 atom stereocenters. The first-order valence-corrected chi connectivity index (χ1v) is 11.3. The predicted octanol–water partition coefficient (Wildman–Crippen LogP) is 5.22. The third kappa shape index (κ3) is 6.26. The number of hydrogen-bond acceptors (Lipinski definition) is 4. The summed E-state index contributed by atoms with van der Waals surface area (Å²) in [5.41, 5.74) is 0.0189. The van der Waals surface area contributed by atoms with Crippen molar-refractivity contribution in [2.75, 3.05) is 10.0 Å². The minimum Gasteiger partial charge on any atom is -0.481 e. The van der Waals surface area contributed by atoms with E-state index in [1.165, 1.54) is 30.3 Å². The Kier molecular flexibility index (Phi) is 6.97. The number of anilines is 2. The van der Waals surface area contributed by atoms with Gasteiger partial charge in [-0.2, -0.15) is 13.2 Å². The first-order valence-electron chi connectivity index (χ1n) is 9.79. The molecule has 0 heterocycles. The van der Waals surface area contributed by atoms with Crippen molar-refractivity contribution < 1.29 is 31.1 Å². The van der Waals surface area contributed by atoms with Crippen LogP contribution in [0.4, 0.5) is 24.5 Å². The van der Waals surface area contributed by atoms with Crippen LogP contribution in [0.15, 0.2) is 77.7 Å². The lowest BCUT2D eigenvalue weighted by Crippen LogP contribution is -2.30. The lowest BCUT2D eigenvalue weighted by molar-refractivity contribution is -0.137. The molecule has 10 heteroatoms. The van der Waals surface area contributed by atoms with E-state index in [-0.39, 0.29) is 10.6 Å². The molecule has 0 aliphatic heterocycles. The van der Waals surface area contributed by atoms with Crippen molar-refractivity contribution in [1.82, 2.24) is 0 Å². The summed E-state index contributed by atoms with van der Waals surface area (Å²) >= 11 is 0. The van der Waals surface area contributed by atoms with Crippen molar-refractivity contribution in [2.24, 2.45) is 0 Å². The zero-order valence-corrected chi connectivity index (χ0v) is 18.5. The number of amides is 1. The first-order chi connectivity index (χ1) is 15.5. The van der Waals surface area contributed by atoms with Crippen molar-refractivity contribution in [3.8, 4) is 5.75 Å². The normalized spacial score (nSPS) is 12.6. The van der Waals surface area contributed by atoms with Crippen LogP contribution in [0.5, 0.6) is 5.75 Å². The van der Waals surface area contributed by atoms with Gasteiger partial charge in [0.25, 0.3) is 15.9 Å². The number of hydrogen-bond donors (Lipinski definition) is 2. The number of ether oxygens (including phenoxy) is 1. The standard InChI is InChI=1S/C23H21F3N2O4S/c1-15-6-3-4-9-21(15)32-16(2)22(29)27-18-10-12-20(13-11-18)33(30,31)28-19-8-5-7-17(14-19)23(24,25)26/h3-14,16,28H,1-2H3,(H,27,29)/t16-/m0/s1. The molecular weight excluding hydrogens is 457 g/mol. The molecule has 0 unspecified atom stereocenters. The quantitative estimate of drug-likeness (QED) is 0.488. The summed E-state index contributed by atoms with van der Waals surface area (Å²) in [6.45, 7) is 3.44. The molecule has 0 bridgehead atoms. The van der Waals surface area contributed by atoms with E-state index >= 15 is 0 Å². The molecule has 3 aromatic rings. The fraction of sp³-hybridized carbons (Fsp3) is 0.174. The number of nitrogens with one attached hydrogen (secondary N) is 2. The molecule has 0 aromatic heterocycles. The maximum atomic E-state index is 12.9. The molecule has 0 fully saturated rings. The molecule has 3 rings (SSSR count). The molecule has 2 N–H and O–H groups in total. The van der Waals surface area contributed by atoms with Gasteiger partial charge in [-0.25, -0.2) is 8.42 Å². The summed E-state index contributed by atoms with van der Waals surface area (Å²) in [6, 6.07) is 16.3. The molecule has 3 aromatic carbocycles. The van der Waals surface area contributed by atoms with Gasteiger partial charge in [-0.15, -0.1) is 0 Å². The number of benzene rings is 3. The van der Waals surface area contributed by atoms with E-state index in [1.807, 2.05) is 19.1 Å². The van der Waals surface area contributed by atoms with Gasteiger partial charge < -0.3 is 10.1 Å². The van der Waals surface area contributed by atoms with Gasteiger partial charge in [0.2, 0.25) is 0 Å². The van der Waals surface area contributed by atoms with Gasteiger partial charge in [0.15, 0.2) is 6.10 Å². The molecular formula is C23H21F3N2O4S. The number of aryl methyl sites for hydroxylation is 1. The van der Waals surface area contributed by atoms with Gasteiger partial charge in [-0.1, -0.05) is 24.3 Å². The van der Waals surface area contributed by atoms with Crippen LogP contribution in [0.1, 0.15) is 18.1 Å². The number of halogens is 3. The second-order valence-corrected chi connectivity index (χ2v) is 8.91.